The van der Waals surface area contributed by atoms with E-state index in [0.29, 0.717) is 6.10 Å². The second-order valence-corrected chi connectivity index (χ2v) is 5.90. The van der Waals surface area contributed by atoms with Crippen LogP contribution in [0.15, 0.2) is 0 Å². The number of hydrogen-bond acceptors (Lipinski definition) is 3. The van der Waals surface area contributed by atoms with Crippen molar-refractivity contribution < 1.29 is 4.74 Å². The lowest BCUT2D eigenvalue weighted by Crippen LogP contribution is -2.36. The Morgan fingerprint density at radius 1 is 1.22 bits per heavy atom. The fourth-order valence-corrected chi connectivity index (χ4v) is 3.57. The van der Waals surface area contributed by atoms with Crippen molar-refractivity contribution in [2.45, 2.75) is 57.6 Å². The quantitative estimate of drug-likeness (QED) is 0.754. The lowest BCUT2D eigenvalue weighted by atomic mass is 9.99. The van der Waals surface area contributed by atoms with Gasteiger partial charge in [0.2, 0.25) is 0 Å². The first kappa shape index (κ1) is 14.3. The Morgan fingerprint density at radius 2 is 2.11 bits per heavy atom. The predicted octanol–water partition coefficient (Wildman–Crippen LogP) is 2.27. The zero-order valence-electron chi connectivity index (χ0n) is 12.2. The highest BCUT2D eigenvalue weighted by atomic mass is 16.5. The van der Waals surface area contributed by atoms with E-state index in [1.165, 1.54) is 45.1 Å². The van der Waals surface area contributed by atoms with Crippen LogP contribution in [-0.2, 0) is 4.74 Å². The fourth-order valence-electron chi connectivity index (χ4n) is 3.57. The average molecular weight is 254 g/mol. The highest BCUT2D eigenvalue weighted by Gasteiger charge is 2.26. The molecule has 1 saturated carbocycles. The highest BCUT2D eigenvalue weighted by molar-refractivity contribution is 4.83. The average Bonchev–Trinajstić information content (AvgIpc) is 3.05. The lowest BCUT2D eigenvalue weighted by Gasteiger charge is -2.26. The minimum absolute atomic E-state index is 0.508. The molecule has 2 aliphatic rings. The van der Waals surface area contributed by atoms with Crippen LogP contribution >= 0.6 is 0 Å². The molecule has 106 valence electrons. The van der Waals surface area contributed by atoms with Crippen molar-refractivity contribution in [2.24, 2.45) is 5.92 Å². The predicted molar refractivity (Wildman–Crippen MR) is 75.9 cm³/mol. The number of likely N-dealkylation sites (N-methyl/N-ethyl adjacent to an activating group) is 1. The molecular weight excluding hydrogens is 224 g/mol. The number of hydrogen-bond donors (Lipinski definition) is 1. The molecule has 1 N–H and O–H groups in total. The molecular formula is C15H30N2O. The van der Waals surface area contributed by atoms with Gasteiger partial charge < -0.3 is 15.0 Å². The van der Waals surface area contributed by atoms with Gasteiger partial charge in [-0.15, -0.1) is 0 Å². The van der Waals surface area contributed by atoms with E-state index in [0.717, 1.165) is 31.7 Å². The zero-order chi connectivity index (χ0) is 12.8. The molecule has 0 radical (unpaired) electrons. The van der Waals surface area contributed by atoms with E-state index in [9.17, 15) is 0 Å². The molecule has 1 saturated heterocycles. The van der Waals surface area contributed by atoms with Gasteiger partial charge in [0.15, 0.2) is 0 Å². The molecule has 0 spiro atoms. The van der Waals surface area contributed by atoms with Crippen molar-refractivity contribution in [1.29, 1.82) is 0 Å². The first-order valence-electron chi connectivity index (χ1n) is 7.84. The molecule has 2 fully saturated rings. The zero-order valence-corrected chi connectivity index (χ0v) is 12.2. The first-order chi connectivity index (χ1) is 8.83. The van der Waals surface area contributed by atoms with E-state index in [2.05, 4.69) is 24.2 Å². The Morgan fingerprint density at radius 3 is 2.78 bits per heavy atom. The van der Waals surface area contributed by atoms with Crippen LogP contribution in [0.4, 0.5) is 0 Å². The summed E-state index contributed by atoms with van der Waals surface area (Å²) in [5.41, 5.74) is 0. The van der Waals surface area contributed by atoms with E-state index in [1.54, 1.807) is 0 Å². The smallest absolute Gasteiger partial charge is 0.0702 e. The van der Waals surface area contributed by atoms with E-state index in [1.807, 2.05) is 0 Å². The summed E-state index contributed by atoms with van der Waals surface area (Å²) in [5, 5.41) is 3.49. The van der Waals surface area contributed by atoms with Crippen LogP contribution in [-0.4, -0.2) is 50.3 Å². The summed E-state index contributed by atoms with van der Waals surface area (Å²) in [5.74, 6) is 0.897. The molecule has 0 bridgehead atoms. The van der Waals surface area contributed by atoms with Crippen molar-refractivity contribution in [3.05, 3.63) is 0 Å². The number of rotatable bonds is 7. The van der Waals surface area contributed by atoms with Crippen LogP contribution in [0.5, 0.6) is 0 Å². The van der Waals surface area contributed by atoms with Crippen LogP contribution in [0, 0.1) is 5.92 Å². The van der Waals surface area contributed by atoms with Gasteiger partial charge in [-0.3, -0.25) is 0 Å². The number of ether oxygens (including phenoxy) is 1. The molecule has 1 aliphatic heterocycles. The number of nitrogens with one attached hydrogen (secondary N) is 1. The van der Waals surface area contributed by atoms with Crippen molar-refractivity contribution in [2.75, 3.05) is 33.3 Å². The second-order valence-electron chi connectivity index (χ2n) is 5.90. The third-order valence-corrected chi connectivity index (χ3v) is 4.78. The van der Waals surface area contributed by atoms with Crippen molar-refractivity contribution in [1.82, 2.24) is 10.2 Å². The number of nitrogens with zero attached hydrogens (tertiary/aromatic N) is 1. The Kier molecular flexibility index (Phi) is 5.93. The first-order valence-corrected chi connectivity index (χ1v) is 7.84. The highest BCUT2D eigenvalue weighted by Crippen LogP contribution is 2.28. The summed E-state index contributed by atoms with van der Waals surface area (Å²) < 4.78 is 5.75. The van der Waals surface area contributed by atoms with Gasteiger partial charge in [0, 0.05) is 19.2 Å². The SMILES string of the molecule is CCN(CCC1CCCC1NC)CC1CCCO1. The van der Waals surface area contributed by atoms with Gasteiger partial charge in [-0.05, 0) is 58.2 Å². The summed E-state index contributed by atoms with van der Waals surface area (Å²) in [6.07, 6.45) is 8.59. The normalized spacial score (nSPS) is 32.5. The molecule has 3 heteroatoms. The van der Waals surface area contributed by atoms with Gasteiger partial charge in [-0.1, -0.05) is 13.3 Å². The van der Waals surface area contributed by atoms with Crippen LogP contribution in [0.2, 0.25) is 0 Å². The molecule has 3 unspecified atom stereocenters. The molecule has 1 heterocycles. The van der Waals surface area contributed by atoms with Crippen LogP contribution in [0.25, 0.3) is 0 Å². The molecule has 3 atom stereocenters. The second kappa shape index (κ2) is 7.46. The third-order valence-electron chi connectivity index (χ3n) is 4.78. The molecule has 0 amide bonds. The molecule has 2 rings (SSSR count). The van der Waals surface area contributed by atoms with Crippen LogP contribution in [0.3, 0.4) is 0 Å². The molecule has 0 aromatic carbocycles. The van der Waals surface area contributed by atoms with E-state index in [-0.39, 0.29) is 0 Å². The minimum Gasteiger partial charge on any atom is -0.377 e. The van der Waals surface area contributed by atoms with Gasteiger partial charge in [-0.25, -0.2) is 0 Å². The van der Waals surface area contributed by atoms with Crippen LogP contribution in [0.1, 0.15) is 45.4 Å². The Labute approximate surface area is 112 Å². The summed E-state index contributed by atoms with van der Waals surface area (Å²) in [6, 6.07) is 0.770. The minimum atomic E-state index is 0.508. The van der Waals surface area contributed by atoms with Crippen molar-refractivity contribution in [3.63, 3.8) is 0 Å². The van der Waals surface area contributed by atoms with Gasteiger partial charge in [-0.2, -0.15) is 0 Å². The summed E-state index contributed by atoms with van der Waals surface area (Å²) >= 11 is 0. The molecule has 18 heavy (non-hydrogen) atoms. The Balaban J connectivity index is 1.69. The van der Waals surface area contributed by atoms with Crippen LogP contribution < -0.4 is 5.32 Å². The van der Waals surface area contributed by atoms with Gasteiger partial charge in [0.05, 0.1) is 6.10 Å². The van der Waals surface area contributed by atoms with Crippen molar-refractivity contribution >= 4 is 0 Å². The summed E-state index contributed by atoms with van der Waals surface area (Å²) in [6.45, 7) is 6.81. The van der Waals surface area contributed by atoms with Gasteiger partial charge >= 0.3 is 0 Å². The summed E-state index contributed by atoms with van der Waals surface area (Å²) in [7, 11) is 2.12. The molecule has 3 nitrogen and oxygen atoms in total. The van der Waals surface area contributed by atoms with E-state index >= 15 is 0 Å². The monoisotopic (exact) mass is 254 g/mol. The molecule has 0 aromatic rings. The maximum absolute atomic E-state index is 5.75. The van der Waals surface area contributed by atoms with Crippen molar-refractivity contribution in [3.8, 4) is 0 Å². The standard InChI is InChI=1S/C15H30N2O/c1-3-17(12-14-7-5-11-18-14)10-9-13-6-4-8-15(13)16-2/h13-16H,3-12H2,1-2H3. The maximum Gasteiger partial charge on any atom is 0.0702 e. The van der Waals surface area contributed by atoms with E-state index < -0.39 is 0 Å². The summed E-state index contributed by atoms with van der Waals surface area (Å²) in [4.78, 5) is 2.58. The van der Waals surface area contributed by atoms with E-state index in [4.69, 9.17) is 4.74 Å². The Bertz CT molecular complexity index is 229. The fraction of sp³-hybridized carbons (Fsp3) is 1.00. The largest absolute Gasteiger partial charge is 0.377 e. The third kappa shape index (κ3) is 3.94. The topological polar surface area (TPSA) is 24.5 Å². The molecule has 1 aliphatic carbocycles. The lowest BCUT2D eigenvalue weighted by molar-refractivity contribution is 0.0726. The maximum atomic E-state index is 5.75. The van der Waals surface area contributed by atoms with Gasteiger partial charge in [0.1, 0.15) is 0 Å². The Hall–Kier alpha value is -0.120. The van der Waals surface area contributed by atoms with Gasteiger partial charge in [0.25, 0.3) is 0 Å². The molecule has 0 aromatic heterocycles.